The van der Waals surface area contributed by atoms with E-state index in [4.69, 9.17) is 4.74 Å². The molecule has 1 N–H and O–H groups in total. The van der Waals surface area contributed by atoms with Gasteiger partial charge in [-0.1, -0.05) is 71.0 Å². The summed E-state index contributed by atoms with van der Waals surface area (Å²) in [5.41, 5.74) is 3.84. The fourth-order valence-electron chi connectivity index (χ4n) is 3.82. The molecule has 0 aromatic heterocycles. The quantitative estimate of drug-likeness (QED) is 0.395. The van der Waals surface area contributed by atoms with Crippen LogP contribution in [-0.4, -0.2) is 21.3 Å². The number of carbonyl (C=O) groups excluding carboxylic acids is 1. The Morgan fingerprint density at radius 1 is 0.941 bits per heavy atom. The zero-order valence-corrected chi connectivity index (χ0v) is 21.7. The molecule has 0 saturated heterocycles. The summed E-state index contributed by atoms with van der Waals surface area (Å²) in [4.78, 5) is 13.2. The van der Waals surface area contributed by atoms with Gasteiger partial charge in [-0.05, 0) is 59.2 Å². The largest absolute Gasteiger partial charge is 0.496 e. The number of hydrogen-bond donors (Lipinski definition) is 1. The van der Waals surface area contributed by atoms with Gasteiger partial charge >= 0.3 is 0 Å². The molecule has 0 aliphatic carbocycles. The number of nitrogens with one attached hydrogen (secondary N) is 1. The molecule has 0 unspecified atom stereocenters. The lowest BCUT2D eigenvalue weighted by molar-refractivity contribution is 0.103. The Morgan fingerprint density at radius 3 is 2.15 bits per heavy atom. The lowest BCUT2D eigenvalue weighted by Gasteiger charge is -2.19. The molecule has 0 saturated carbocycles. The van der Waals surface area contributed by atoms with E-state index < -0.39 is 10.0 Å². The molecule has 0 aliphatic rings. The molecule has 0 aliphatic heterocycles. The number of ketones is 1. The number of ether oxygens (including phenoxy) is 1. The highest BCUT2D eigenvalue weighted by Crippen LogP contribution is 2.32. The summed E-state index contributed by atoms with van der Waals surface area (Å²) in [6.07, 6.45) is 0. The normalized spacial score (nSPS) is 12.0. The van der Waals surface area contributed by atoms with Crippen LogP contribution in [0.5, 0.6) is 5.75 Å². The third-order valence-corrected chi connectivity index (χ3v) is 7.35. The minimum Gasteiger partial charge on any atom is -0.496 e. The Labute approximate surface area is 203 Å². The maximum Gasteiger partial charge on any atom is 0.262 e. The number of aryl methyl sites for hydroxylation is 1. The summed E-state index contributed by atoms with van der Waals surface area (Å²) in [5.74, 6) is 0.593. The third kappa shape index (κ3) is 5.50. The van der Waals surface area contributed by atoms with Crippen LogP contribution in [-0.2, 0) is 15.4 Å². The zero-order valence-electron chi connectivity index (χ0n) is 20.9. The number of rotatable bonds is 7. The number of methoxy groups -OCH3 is 1. The molecular weight excluding hydrogens is 446 g/mol. The molecule has 5 nitrogen and oxygen atoms in total. The van der Waals surface area contributed by atoms with E-state index in [0.717, 1.165) is 11.1 Å². The van der Waals surface area contributed by atoms with Gasteiger partial charge in [-0.15, -0.1) is 0 Å². The summed E-state index contributed by atoms with van der Waals surface area (Å²) in [5, 5.41) is 0. The molecular formula is C28H33NO4S. The van der Waals surface area contributed by atoms with Crippen LogP contribution in [0, 0.1) is 6.92 Å². The minimum atomic E-state index is -3.87. The van der Waals surface area contributed by atoms with Crippen molar-refractivity contribution in [2.24, 2.45) is 0 Å². The molecule has 3 aromatic rings. The second-order valence-corrected chi connectivity index (χ2v) is 11.5. The summed E-state index contributed by atoms with van der Waals surface area (Å²) < 4.78 is 34.5. The van der Waals surface area contributed by atoms with Crippen molar-refractivity contribution in [1.29, 1.82) is 0 Å². The molecule has 6 heteroatoms. The van der Waals surface area contributed by atoms with Gasteiger partial charge in [-0.25, -0.2) is 8.42 Å². The van der Waals surface area contributed by atoms with E-state index in [1.54, 1.807) is 50.4 Å². The van der Waals surface area contributed by atoms with Gasteiger partial charge in [0, 0.05) is 16.8 Å². The monoisotopic (exact) mass is 479 g/mol. The number of anilines is 1. The van der Waals surface area contributed by atoms with Crippen molar-refractivity contribution >= 4 is 21.5 Å². The van der Waals surface area contributed by atoms with Crippen LogP contribution in [0.2, 0.25) is 0 Å². The van der Waals surface area contributed by atoms with Crippen LogP contribution in [0.1, 0.15) is 73.1 Å². The summed E-state index contributed by atoms with van der Waals surface area (Å²) >= 11 is 0. The van der Waals surface area contributed by atoms with Crippen molar-refractivity contribution in [2.75, 3.05) is 11.8 Å². The van der Waals surface area contributed by atoms with Crippen LogP contribution in [0.4, 0.5) is 5.69 Å². The van der Waals surface area contributed by atoms with Crippen molar-refractivity contribution in [3.05, 3.63) is 88.5 Å². The molecule has 180 valence electrons. The molecule has 0 radical (unpaired) electrons. The lowest BCUT2D eigenvalue weighted by Crippen LogP contribution is -2.15. The SMILES string of the molecule is COc1cc(C)c(S(=O)(=O)Nc2cccc(C(=O)c3ccc(C(C)(C)C)cc3)c2)cc1C(C)C. The van der Waals surface area contributed by atoms with Crippen LogP contribution in [0.15, 0.2) is 65.6 Å². The predicted octanol–water partition coefficient (Wildman–Crippen LogP) is 6.46. The first-order valence-electron chi connectivity index (χ1n) is 11.3. The van der Waals surface area contributed by atoms with Gasteiger partial charge in [0.15, 0.2) is 5.78 Å². The topological polar surface area (TPSA) is 72.5 Å². The molecule has 0 atom stereocenters. The predicted molar refractivity (Wildman–Crippen MR) is 138 cm³/mol. The molecule has 3 rings (SSSR count). The van der Waals surface area contributed by atoms with Gasteiger partial charge in [0.2, 0.25) is 0 Å². The van der Waals surface area contributed by atoms with E-state index in [0.29, 0.717) is 28.1 Å². The summed E-state index contributed by atoms with van der Waals surface area (Å²) in [7, 11) is -2.30. The van der Waals surface area contributed by atoms with E-state index in [2.05, 4.69) is 25.5 Å². The molecule has 0 heterocycles. The first-order chi connectivity index (χ1) is 15.8. The minimum absolute atomic E-state index is 0.00516. The number of hydrogen-bond acceptors (Lipinski definition) is 4. The van der Waals surface area contributed by atoms with E-state index in [1.165, 1.54) is 0 Å². The maximum absolute atomic E-state index is 13.2. The van der Waals surface area contributed by atoms with Crippen molar-refractivity contribution < 1.29 is 17.9 Å². The highest BCUT2D eigenvalue weighted by atomic mass is 32.2. The third-order valence-electron chi connectivity index (χ3n) is 5.83. The highest BCUT2D eigenvalue weighted by Gasteiger charge is 2.22. The van der Waals surface area contributed by atoms with Crippen LogP contribution in [0.3, 0.4) is 0 Å². The van der Waals surface area contributed by atoms with E-state index in [1.807, 2.05) is 38.1 Å². The van der Waals surface area contributed by atoms with E-state index in [-0.39, 0.29) is 22.0 Å². The average Bonchev–Trinajstić information content (AvgIpc) is 2.77. The highest BCUT2D eigenvalue weighted by molar-refractivity contribution is 7.92. The van der Waals surface area contributed by atoms with Crippen molar-refractivity contribution in [3.63, 3.8) is 0 Å². The van der Waals surface area contributed by atoms with Crippen LogP contribution >= 0.6 is 0 Å². The van der Waals surface area contributed by atoms with E-state index in [9.17, 15) is 13.2 Å². The fraction of sp³-hybridized carbons (Fsp3) is 0.321. The standard InChI is InChI=1S/C28H33NO4S/c1-18(2)24-17-26(19(3)15-25(24)33-7)34(31,32)29-23-10-8-9-21(16-23)27(30)20-11-13-22(14-12-20)28(4,5)6/h8-18,29H,1-7H3. The smallest absolute Gasteiger partial charge is 0.262 e. The van der Waals surface area contributed by atoms with Crippen LogP contribution in [0.25, 0.3) is 0 Å². The molecule has 34 heavy (non-hydrogen) atoms. The number of sulfonamides is 1. The van der Waals surface area contributed by atoms with Crippen molar-refractivity contribution in [3.8, 4) is 5.75 Å². The van der Waals surface area contributed by atoms with Gasteiger partial charge < -0.3 is 4.74 Å². The molecule has 0 fully saturated rings. The fourth-order valence-corrected chi connectivity index (χ4v) is 5.13. The lowest BCUT2D eigenvalue weighted by atomic mass is 9.86. The van der Waals surface area contributed by atoms with Gasteiger partial charge in [0.25, 0.3) is 10.0 Å². The number of benzene rings is 3. The Hall–Kier alpha value is -3.12. The van der Waals surface area contributed by atoms with Gasteiger partial charge in [0.1, 0.15) is 5.75 Å². The summed E-state index contributed by atoms with van der Waals surface area (Å²) in [6, 6.07) is 17.5. The molecule has 0 spiro atoms. The molecule has 0 bridgehead atoms. The Balaban J connectivity index is 1.91. The summed E-state index contributed by atoms with van der Waals surface area (Å²) in [6.45, 7) is 12.1. The van der Waals surface area contributed by atoms with E-state index >= 15 is 0 Å². The zero-order chi connectivity index (χ0) is 25.3. The Morgan fingerprint density at radius 2 is 1.59 bits per heavy atom. The second-order valence-electron chi connectivity index (χ2n) is 9.86. The first-order valence-corrected chi connectivity index (χ1v) is 12.8. The first kappa shape index (κ1) is 25.5. The Kier molecular flexibility index (Phi) is 7.22. The van der Waals surface area contributed by atoms with Crippen molar-refractivity contribution in [2.45, 2.75) is 57.8 Å². The molecule has 3 aromatic carbocycles. The van der Waals surface area contributed by atoms with Crippen molar-refractivity contribution in [1.82, 2.24) is 0 Å². The van der Waals surface area contributed by atoms with Gasteiger partial charge in [-0.2, -0.15) is 0 Å². The maximum atomic E-state index is 13.2. The van der Waals surface area contributed by atoms with Gasteiger partial charge in [0.05, 0.1) is 12.0 Å². The number of carbonyl (C=O) groups is 1. The van der Waals surface area contributed by atoms with Gasteiger partial charge in [-0.3, -0.25) is 9.52 Å². The Bertz CT molecular complexity index is 1300. The van der Waals surface area contributed by atoms with Crippen LogP contribution < -0.4 is 9.46 Å². The molecule has 0 amide bonds. The average molecular weight is 480 g/mol. The second kappa shape index (κ2) is 9.63.